The van der Waals surface area contributed by atoms with Gasteiger partial charge in [-0.05, 0) is 12.0 Å². The molecule has 3 N–H and O–H groups in total. The van der Waals surface area contributed by atoms with Crippen molar-refractivity contribution in [2.75, 3.05) is 19.8 Å². The zero-order valence-electron chi connectivity index (χ0n) is 12.7. The van der Waals surface area contributed by atoms with Crippen LogP contribution in [0.4, 0.5) is 0 Å². The molecule has 0 bridgehead atoms. The molecule has 3 heteroatoms. The van der Waals surface area contributed by atoms with E-state index in [1.165, 1.54) is 32.1 Å². The predicted molar refractivity (Wildman–Crippen MR) is 83.6 cm³/mol. The maximum Gasteiger partial charge on any atom is 0.125 e. The van der Waals surface area contributed by atoms with Crippen molar-refractivity contribution in [3.63, 3.8) is 0 Å². The van der Waals surface area contributed by atoms with Gasteiger partial charge < -0.3 is 15.6 Å². The predicted octanol–water partition coefficient (Wildman–Crippen LogP) is 3.21. The van der Waals surface area contributed by atoms with Crippen LogP contribution in [0.2, 0.25) is 0 Å². The van der Waals surface area contributed by atoms with Gasteiger partial charge in [-0.1, -0.05) is 69.4 Å². The number of aliphatic hydroxyl groups is 1. The molecular formula is C17H29NO2. The average Bonchev–Trinajstić information content (AvgIpc) is 2.50. The summed E-state index contributed by atoms with van der Waals surface area (Å²) >= 11 is 0. The molecule has 0 radical (unpaired) electrons. The Morgan fingerprint density at radius 2 is 1.70 bits per heavy atom. The fourth-order valence-electron chi connectivity index (χ4n) is 2.23. The lowest BCUT2D eigenvalue weighted by Crippen LogP contribution is -2.39. The fraction of sp³-hybridized carbons (Fsp3) is 0.647. The third kappa shape index (κ3) is 6.04. The Morgan fingerprint density at radius 3 is 2.35 bits per heavy atom. The minimum Gasteiger partial charge on any atom is -0.381 e. The van der Waals surface area contributed by atoms with Gasteiger partial charge in [0, 0.05) is 13.2 Å². The zero-order valence-corrected chi connectivity index (χ0v) is 12.7. The molecule has 0 aliphatic carbocycles. The van der Waals surface area contributed by atoms with Crippen molar-refractivity contribution < 1.29 is 9.84 Å². The Kier molecular flexibility index (Phi) is 8.51. The fourth-order valence-corrected chi connectivity index (χ4v) is 2.23. The first-order valence-electron chi connectivity index (χ1n) is 7.78. The van der Waals surface area contributed by atoms with E-state index in [9.17, 15) is 5.11 Å². The number of hydrogen-bond acceptors (Lipinski definition) is 3. The zero-order chi connectivity index (χ0) is 14.7. The molecule has 0 spiro atoms. The van der Waals surface area contributed by atoms with Crippen LogP contribution in [0, 0.1) is 0 Å². The largest absolute Gasteiger partial charge is 0.381 e. The number of hydrogen-bond donors (Lipinski definition) is 2. The van der Waals surface area contributed by atoms with Gasteiger partial charge in [-0.25, -0.2) is 0 Å². The lowest BCUT2D eigenvalue weighted by molar-refractivity contribution is -0.0452. The van der Waals surface area contributed by atoms with Gasteiger partial charge in [0.05, 0.1) is 6.61 Å². The molecule has 1 rings (SSSR count). The summed E-state index contributed by atoms with van der Waals surface area (Å²) in [5.41, 5.74) is 5.46. The van der Waals surface area contributed by atoms with Gasteiger partial charge in [-0.3, -0.25) is 0 Å². The van der Waals surface area contributed by atoms with Crippen molar-refractivity contribution in [3.05, 3.63) is 35.9 Å². The van der Waals surface area contributed by atoms with Crippen LogP contribution in [-0.4, -0.2) is 24.9 Å². The Bertz CT molecular complexity index is 342. The highest BCUT2D eigenvalue weighted by atomic mass is 16.5. The monoisotopic (exact) mass is 279 g/mol. The van der Waals surface area contributed by atoms with E-state index in [4.69, 9.17) is 10.5 Å². The van der Waals surface area contributed by atoms with Crippen molar-refractivity contribution in [1.29, 1.82) is 0 Å². The van der Waals surface area contributed by atoms with Gasteiger partial charge in [0.25, 0.3) is 0 Å². The van der Waals surface area contributed by atoms with E-state index >= 15 is 0 Å². The summed E-state index contributed by atoms with van der Waals surface area (Å²) in [6.07, 6.45) is 7.44. The summed E-state index contributed by atoms with van der Waals surface area (Å²) in [7, 11) is 0. The number of nitrogens with two attached hydrogens (primary N) is 1. The second kappa shape index (κ2) is 9.92. The van der Waals surface area contributed by atoms with Crippen LogP contribution >= 0.6 is 0 Å². The standard InChI is InChI=1S/C17H29NO2/c1-2-3-4-5-6-10-13-20-15-17(19,14-18)16-11-8-7-9-12-16/h7-9,11-12,19H,2-6,10,13-15,18H2,1H3. The molecular weight excluding hydrogens is 250 g/mol. The van der Waals surface area contributed by atoms with Gasteiger partial charge >= 0.3 is 0 Å². The van der Waals surface area contributed by atoms with Crippen LogP contribution in [0.3, 0.4) is 0 Å². The maximum atomic E-state index is 10.5. The molecule has 114 valence electrons. The third-order valence-corrected chi connectivity index (χ3v) is 3.63. The molecule has 0 amide bonds. The third-order valence-electron chi connectivity index (χ3n) is 3.63. The van der Waals surface area contributed by atoms with Crippen molar-refractivity contribution in [1.82, 2.24) is 0 Å². The summed E-state index contributed by atoms with van der Waals surface area (Å²) in [4.78, 5) is 0. The summed E-state index contributed by atoms with van der Waals surface area (Å²) in [5, 5.41) is 10.5. The molecule has 1 unspecified atom stereocenters. The lowest BCUT2D eigenvalue weighted by Gasteiger charge is -2.26. The Balaban J connectivity index is 2.22. The smallest absolute Gasteiger partial charge is 0.125 e. The summed E-state index contributed by atoms with van der Waals surface area (Å²) in [6, 6.07) is 9.52. The summed E-state index contributed by atoms with van der Waals surface area (Å²) < 4.78 is 5.62. The molecule has 0 saturated heterocycles. The molecule has 0 aromatic heterocycles. The van der Waals surface area contributed by atoms with Gasteiger partial charge in [0.15, 0.2) is 0 Å². The Hall–Kier alpha value is -0.900. The van der Waals surface area contributed by atoms with Crippen LogP contribution in [0.1, 0.15) is 51.0 Å². The van der Waals surface area contributed by atoms with Crippen LogP contribution in [-0.2, 0) is 10.3 Å². The highest BCUT2D eigenvalue weighted by molar-refractivity contribution is 5.22. The van der Waals surface area contributed by atoms with Gasteiger partial charge in [0.1, 0.15) is 5.60 Å². The highest BCUT2D eigenvalue weighted by Crippen LogP contribution is 2.20. The summed E-state index contributed by atoms with van der Waals surface area (Å²) in [6.45, 7) is 3.36. The molecule has 0 aliphatic rings. The van der Waals surface area contributed by atoms with Crippen LogP contribution < -0.4 is 5.73 Å². The van der Waals surface area contributed by atoms with Crippen molar-refractivity contribution in [3.8, 4) is 0 Å². The number of benzene rings is 1. The van der Waals surface area contributed by atoms with Crippen LogP contribution in [0.15, 0.2) is 30.3 Å². The van der Waals surface area contributed by atoms with Crippen molar-refractivity contribution in [2.45, 2.75) is 51.0 Å². The van der Waals surface area contributed by atoms with E-state index in [1.54, 1.807) is 0 Å². The lowest BCUT2D eigenvalue weighted by atomic mass is 9.95. The molecule has 1 aromatic rings. The van der Waals surface area contributed by atoms with Crippen molar-refractivity contribution >= 4 is 0 Å². The normalized spacial score (nSPS) is 14.2. The molecule has 1 aromatic carbocycles. The van der Waals surface area contributed by atoms with E-state index in [0.717, 1.165) is 12.0 Å². The number of ether oxygens (including phenoxy) is 1. The maximum absolute atomic E-state index is 10.5. The average molecular weight is 279 g/mol. The number of unbranched alkanes of at least 4 members (excludes halogenated alkanes) is 5. The summed E-state index contributed by atoms with van der Waals surface area (Å²) in [5.74, 6) is 0. The SMILES string of the molecule is CCCCCCCCOCC(O)(CN)c1ccccc1. The Morgan fingerprint density at radius 1 is 1.05 bits per heavy atom. The minimum absolute atomic E-state index is 0.174. The first-order valence-corrected chi connectivity index (χ1v) is 7.78. The van der Waals surface area contributed by atoms with E-state index in [2.05, 4.69) is 6.92 Å². The van der Waals surface area contributed by atoms with Gasteiger partial charge in [0.2, 0.25) is 0 Å². The molecule has 1 atom stereocenters. The van der Waals surface area contributed by atoms with Gasteiger partial charge in [-0.15, -0.1) is 0 Å². The molecule has 3 nitrogen and oxygen atoms in total. The van der Waals surface area contributed by atoms with E-state index in [0.29, 0.717) is 6.61 Å². The molecule has 0 fully saturated rings. The second-order valence-electron chi connectivity index (χ2n) is 5.42. The van der Waals surface area contributed by atoms with Gasteiger partial charge in [-0.2, -0.15) is 0 Å². The molecule has 0 heterocycles. The quantitative estimate of drug-likeness (QED) is 0.612. The van der Waals surface area contributed by atoms with Crippen LogP contribution in [0.5, 0.6) is 0 Å². The molecule has 0 saturated carbocycles. The van der Waals surface area contributed by atoms with E-state index in [-0.39, 0.29) is 13.2 Å². The topological polar surface area (TPSA) is 55.5 Å². The Labute approximate surface area is 123 Å². The minimum atomic E-state index is -1.07. The van der Waals surface area contributed by atoms with E-state index in [1.807, 2.05) is 30.3 Å². The first-order chi connectivity index (χ1) is 9.73. The molecule has 0 aliphatic heterocycles. The highest BCUT2D eigenvalue weighted by Gasteiger charge is 2.27. The second-order valence-corrected chi connectivity index (χ2v) is 5.42. The van der Waals surface area contributed by atoms with Crippen LogP contribution in [0.25, 0.3) is 0 Å². The number of rotatable bonds is 11. The molecule has 20 heavy (non-hydrogen) atoms. The first kappa shape index (κ1) is 17.2. The van der Waals surface area contributed by atoms with Crippen molar-refractivity contribution in [2.24, 2.45) is 5.73 Å². The van der Waals surface area contributed by atoms with E-state index < -0.39 is 5.60 Å².